The Kier molecular flexibility index (Phi) is 7.82. The molecule has 0 saturated carbocycles. The lowest BCUT2D eigenvalue weighted by Crippen LogP contribution is -2.48. The van der Waals surface area contributed by atoms with Crippen LogP contribution >= 0.6 is 11.8 Å². The Bertz CT molecular complexity index is 742. The molecule has 1 aliphatic rings. The second kappa shape index (κ2) is 10.5. The predicted molar refractivity (Wildman–Crippen MR) is 113 cm³/mol. The Hall–Kier alpha value is -1.96. The molecule has 0 radical (unpaired) electrons. The van der Waals surface area contributed by atoms with Crippen molar-refractivity contribution in [3.63, 3.8) is 0 Å². The van der Waals surface area contributed by atoms with Crippen LogP contribution in [0.2, 0.25) is 0 Å². The van der Waals surface area contributed by atoms with E-state index in [-0.39, 0.29) is 5.91 Å². The van der Waals surface area contributed by atoms with Gasteiger partial charge in [0.05, 0.1) is 5.75 Å². The van der Waals surface area contributed by atoms with Crippen molar-refractivity contribution in [1.82, 2.24) is 25.1 Å². The van der Waals surface area contributed by atoms with Gasteiger partial charge in [-0.1, -0.05) is 42.1 Å². The molecule has 6 nitrogen and oxygen atoms in total. The average Bonchev–Trinajstić information content (AvgIpc) is 2.68. The molecule has 1 N–H and O–H groups in total. The molecule has 28 heavy (non-hydrogen) atoms. The zero-order valence-corrected chi connectivity index (χ0v) is 17.5. The summed E-state index contributed by atoms with van der Waals surface area (Å²) in [6.07, 6.45) is 0. The number of carbonyl (C=O) groups excluding carboxylic acids is 1. The third kappa shape index (κ3) is 6.89. The smallest absolute Gasteiger partial charge is 0.230 e. The molecule has 1 fully saturated rings. The molecule has 0 bridgehead atoms. The van der Waals surface area contributed by atoms with Crippen molar-refractivity contribution < 1.29 is 4.79 Å². The Labute approximate surface area is 171 Å². The fourth-order valence-corrected chi connectivity index (χ4v) is 4.08. The molecule has 3 rings (SSSR count). The monoisotopic (exact) mass is 399 g/mol. The highest BCUT2D eigenvalue weighted by Gasteiger charge is 2.16. The van der Waals surface area contributed by atoms with Crippen molar-refractivity contribution in [3.8, 4) is 0 Å². The molecule has 2 heterocycles. The number of aryl methyl sites for hydroxylation is 2. The first-order valence-electron chi connectivity index (χ1n) is 9.79. The molecule has 2 aromatic rings. The van der Waals surface area contributed by atoms with E-state index in [1.165, 1.54) is 17.3 Å². The number of piperazine rings is 1. The average molecular weight is 400 g/mol. The summed E-state index contributed by atoms with van der Waals surface area (Å²) in [5.41, 5.74) is 3.23. The van der Waals surface area contributed by atoms with Gasteiger partial charge in [-0.2, -0.15) is 0 Å². The molecule has 7 heteroatoms. The molecule has 150 valence electrons. The molecule has 0 spiro atoms. The van der Waals surface area contributed by atoms with Gasteiger partial charge in [0, 0.05) is 57.2 Å². The van der Waals surface area contributed by atoms with Crippen LogP contribution < -0.4 is 5.32 Å². The topological polar surface area (TPSA) is 61.4 Å². The second-order valence-corrected chi connectivity index (χ2v) is 8.12. The number of nitrogens with one attached hydrogen (secondary N) is 1. The molecule has 1 aromatic heterocycles. The van der Waals surface area contributed by atoms with Crippen LogP contribution in [0.4, 0.5) is 0 Å². The Balaban J connectivity index is 1.29. The van der Waals surface area contributed by atoms with Gasteiger partial charge in [0.2, 0.25) is 5.91 Å². The number of amides is 1. The van der Waals surface area contributed by atoms with Gasteiger partial charge in [0.15, 0.2) is 5.16 Å². The summed E-state index contributed by atoms with van der Waals surface area (Å²) in [5, 5.41) is 3.68. The number of carbonyl (C=O) groups is 1. The second-order valence-electron chi connectivity index (χ2n) is 7.18. The number of benzene rings is 1. The molecular weight excluding hydrogens is 370 g/mol. The van der Waals surface area contributed by atoms with E-state index in [1.54, 1.807) is 0 Å². The number of rotatable bonds is 8. The predicted octanol–water partition coefficient (Wildman–Crippen LogP) is 2.12. The molecule has 1 aliphatic heterocycles. The Morgan fingerprint density at radius 3 is 2.36 bits per heavy atom. The minimum absolute atomic E-state index is 0.0375. The van der Waals surface area contributed by atoms with E-state index in [1.807, 2.05) is 19.9 Å². The van der Waals surface area contributed by atoms with E-state index in [0.717, 1.165) is 50.7 Å². The van der Waals surface area contributed by atoms with Crippen molar-refractivity contribution in [1.29, 1.82) is 0 Å². The molecule has 1 aromatic carbocycles. The van der Waals surface area contributed by atoms with Crippen LogP contribution in [-0.4, -0.2) is 70.7 Å². The van der Waals surface area contributed by atoms with E-state index in [2.05, 4.69) is 55.4 Å². The normalized spacial score (nSPS) is 15.5. The van der Waals surface area contributed by atoms with Gasteiger partial charge in [0.25, 0.3) is 0 Å². The van der Waals surface area contributed by atoms with Gasteiger partial charge in [0.1, 0.15) is 0 Å². The summed E-state index contributed by atoms with van der Waals surface area (Å²) in [6.45, 7) is 10.7. The van der Waals surface area contributed by atoms with Crippen LogP contribution in [0.25, 0.3) is 0 Å². The van der Waals surface area contributed by atoms with Crippen LogP contribution in [0, 0.1) is 13.8 Å². The van der Waals surface area contributed by atoms with Crippen molar-refractivity contribution in [3.05, 3.63) is 53.3 Å². The lowest BCUT2D eigenvalue weighted by molar-refractivity contribution is -0.118. The molecule has 1 saturated heterocycles. The summed E-state index contributed by atoms with van der Waals surface area (Å²) in [6, 6.07) is 12.6. The van der Waals surface area contributed by atoms with E-state index < -0.39 is 0 Å². The van der Waals surface area contributed by atoms with E-state index in [0.29, 0.717) is 17.5 Å². The van der Waals surface area contributed by atoms with E-state index in [4.69, 9.17) is 0 Å². The number of nitrogens with zero attached hydrogens (tertiary/aromatic N) is 4. The maximum absolute atomic E-state index is 12.1. The first kappa shape index (κ1) is 20.8. The van der Waals surface area contributed by atoms with Gasteiger partial charge < -0.3 is 5.32 Å². The van der Waals surface area contributed by atoms with Gasteiger partial charge in [-0.25, -0.2) is 9.97 Å². The van der Waals surface area contributed by atoms with Gasteiger partial charge >= 0.3 is 0 Å². The third-order valence-corrected chi connectivity index (χ3v) is 5.61. The number of thioether (sulfide) groups is 1. The van der Waals surface area contributed by atoms with Crippen LogP contribution in [-0.2, 0) is 11.3 Å². The fraction of sp³-hybridized carbons (Fsp3) is 0.476. The van der Waals surface area contributed by atoms with Crippen LogP contribution in [0.5, 0.6) is 0 Å². The summed E-state index contributed by atoms with van der Waals surface area (Å²) in [4.78, 5) is 25.7. The first-order chi connectivity index (χ1) is 13.6. The van der Waals surface area contributed by atoms with Crippen LogP contribution in [0.1, 0.15) is 17.0 Å². The summed E-state index contributed by atoms with van der Waals surface area (Å²) in [5.74, 6) is 0.392. The number of aromatic nitrogens is 2. The highest BCUT2D eigenvalue weighted by molar-refractivity contribution is 7.99. The Morgan fingerprint density at radius 2 is 1.68 bits per heavy atom. The fourth-order valence-electron chi connectivity index (χ4n) is 3.31. The molecule has 1 amide bonds. The van der Waals surface area contributed by atoms with Crippen LogP contribution in [0.3, 0.4) is 0 Å². The quantitative estimate of drug-likeness (QED) is 0.542. The van der Waals surface area contributed by atoms with Gasteiger partial charge in [-0.15, -0.1) is 0 Å². The summed E-state index contributed by atoms with van der Waals surface area (Å²) in [7, 11) is 0. The maximum atomic E-state index is 12.1. The summed E-state index contributed by atoms with van der Waals surface area (Å²) >= 11 is 1.39. The first-order valence-corrected chi connectivity index (χ1v) is 10.8. The summed E-state index contributed by atoms with van der Waals surface area (Å²) < 4.78 is 0. The van der Waals surface area contributed by atoms with E-state index in [9.17, 15) is 4.79 Å². The largest absolute Gasteiger partial charge is 0.354 e. The zero-order chi connectivity index (χ0) is 19.8. The SMILES string of the molecule is Cc1cc(C)nc(SCC(=O)NCCN2CCN(Cc3ccccc3)CC2)n1. The minimum Gasteiger partial charge on any atom is -0.354 e. The highest BCUT2D eigenvalue weighted by atomic mass is 32.2. The molecule has 0 aliphatic carbocycles. The maximum Gasteiger partial charge on any atom is 0.230 e. The molecular formula is C21H29N5OS. The highest BCUT2D eigenvalue weighted by Crippen LogP contribution is 2.13. The lowest BCUT2D eigenvalue weighted by atomic mass is 10.2. The molecule has 0 unspecified atom stereocenters. The lowest BCUT2D eigenvalue weighted by Gasteiger charge is -2.34. The van der Waals surface area contributed by atoms with Crippen molar-refractivity contribution in [2.24, 2.45) is 0 Å². The van der Waals surface area contributed by atoms with Crippen molar-refractivity contribution >= 4 is 17.7 Å². The number of hydrogen-bond donors (Lipinski definition) is 1. The van der Waals surface area contributed by atoms with Gasteiger partial charge in [-0.05, 0) is 25.5 Å². The van der Waals surface area contributed by atoms with Crippen molar-refractivity contribution in [2.45, 2.75) is 25.5 Å². The minimum atomic E-state index is 0.0375. The zero-order valence-electron chi connectivity index (χ0n) is 16.7. The standard InChI is InChI=1S/C21H29N5OS/c1-17-14-18(2)24-21(23-17)28-16-20(27)22-8-9-25-10-12-26(13-11-25)15-19-6-4-3-5-7-19/h3-7,14H,8-13,15-16H2,1-2H3,(H,22,27). The van der Waals surface area contributed by atoms with Gasteiger partial charge in [-0.3, -0.25) is 14.6 Å². The van der Waals surface area contributed by atoms with Crippen LogP contribution in [0.15, 0.2) is 41.6 Å². The van der Waals surface area contributed by atoms with Crippen molar-refractivity contribution in [2.75, 3.05) is 45.0 Å². The van der Waals surface area contributed by atoms with E-state index >= 15 is 0 Å². The molecule has 0 atom stereocenters. The number of hydrogen-bond acceptors (Lipinski definition) is 6. The third-order valence-electron chi connectivity index (χ3n) is 4.76. The Morgan fingerprint density at radius 1 is 1.04 bits per heavy atom.